The van der Waals surface area contributed by atoms with Gasteiger partial charge in [-0.1, -0.05) is 12.1 Å². The van der Waals surface area contributed by atoms with Gasteiger partial charge in [0.25, 0.3) is 0 Å². The third-order valence-electron chi connectivity index (χ3n) is 5.53. The predicted octanol–water partition coefficient (Wildman–Crippen LogP) is 1.79. The van der Waals surface area contributed by atoms with Gasteiger partial charge in [0, 0.05) is 18.0 Å². The molecule has 5 nitrogen and oxygen atoms in total. The summed E-state index contributed by atoms with van der Waals surface area (Å²) in [7, 11) is 0. The standard InChI is InChI=1S/C19H26FN3O2/c1-19(2)15(13-5-3-6-14(20)11-13)8-10-23(19)17(24)12-22-18(25)16-7-4-9-21-16/h3,5-6,11,15-16,21H,4,7-10,12H2,1-2H3,(H,22,25). The Morgan fingerprint density at radius 2 is 2.16 bits per heavy atom. The Hall–Kier alpha value is -1.95. The number of nitrogens with one attached hydrogen (secondary N) is 2. The van der Waals surface area contributed by atoms with Crippen molar-refractivity contribution in [1.29, 1.82) is 0 Å². The highest BCUT2D eigenvalue weighted by atomic mass is 19.1. The lowest BCUT2D eigenvalue weighted by Crippen LogP contribution is -2.50. The van der Waals surface area contributed by atoms with Crippen LogP contribution in [-0.4, -0.2) is 47.9 Å². The van der Waals surface area contributed by atoms with E-state index in [2.05, 4.69) is 10.6 Å². The molecule has 2 amide bonds. The molecule has 0 bridgehead atoms. The highest BCUT2D eigenvalue weighted by Crippen LogP contribution is 2.41. The van der Waals surface area contributed by atoms with Crippen molar-refractivity contribution in [1.82, 2.24) is 15.5 Å². The summed E-state index contributed by atoms with van der Waals surface area (Å²) in [6.45, 7) is 5.49. The molecule has 0 radical (unpaired) electrons. The second-order valence-electron chi connectivity index (χ2n) is 7.46. The van der Waals surface area contributed by atoms with Crippen LogP contribution in [0.15, 0.2) is 24.3 Å². The van der Waals surface area contributed by atoms with E-state index in [1.54, 1.807) is 12.1 Å². The molecule has 2 atom stereocenters. The van der Waals surface area contributed by atoms with Crippen molar-refractivity contribution in [2.75, 3.05) is 19.6 Å². The van der Waals surface area contributed by atoms with Crippen LogP contribution >= 0.6 is 0 Å². The SMILES string of the molecule is CC1(C)C(c2cccc(F)c2)CCN1C(=O)CNC(=O)C1CCCN1. The average Bonchev–Trinajstić information content (AvgIpc) is 3.19. The summed E-state index contributed by atoms with van der Waals surface area (Å²) in [4.78, 5) is 26.5. The number of carbonyl (C=O) groups excluding carboxylic acids is 2. The van der Waals surface area contributed by atoms with E-state index in [0.29, 0.717) is 6.54 Å². The van der Waals surface area contributed by atoms with Crippen LogP contribution < -0.4 is 10.6 Å². The van der Waals surface area contributed by atoms with Gasteiger partial charge in [-0.3, -0.25) is 9.59 Å². The Bertz CT molecular complexity index is 656. The first kappa shape index (κ1) is 17.9. The normalized spacial score (nSPS) is 25.2. The van der Waals surface area contributed by atoms with E-state index in [1.165, 1.54) is 6.07 Å². The van der Waals surface area contributed by atoms with E-state index in [4.69, 9.17) is 0 Å². The van der Waals surface area contributed by atoms with Crippen LogP contribution in [0, 0.1) is 5.82 Å². The highest BCUT2D eigenvalue weighted by molar-refractivity contribution is 5.88. The molecule has 3 rings (SSSR count). The van der Waals surface area contributed by atoms with Crippen LogP contribution in [0.4, 0.5) is 4.39 Å². The molecule has 2 unspecified atom stereocenters. The zero-order valence-electron chi connectivity index (χ0n) is 14.8. The van der Waals surface area contributed by atoms with Crippen molar-refractivity contribution in [3.63, 3.8) is 0 Å². The Balaban J connectivity index is 1.62. The minimum Gasteiger partial charge on any atom is -0.346 e. The van der Waals surface area contributed by atoms with Gasteiger partial charge in [-0.25, -0.2) is 4.39 Å². The molecule has 2 N–H and O–H groups in total. The molecule has 1 aromatic carbocycles. The van der Waals surface area contributed by atoms with E-state index in [0.717, 1.165) is 31.4 Å². The van der Waals surface area contributed by atoms with Crippen LogP contribution in [-0.2, 0) is 9.59 Å². The van der Waals surface area contributed by atoms with Crippen molar-refractivity contribution in [2.45, 2.75) is 50.6 Å². The van der Waals surface area contributed by atoms with Crippen molar-refractivity contribution in [3.8, 4) is 0 Å². The highest BCUT2D eigenvalue weighted by Gasteiger charge is 2.44. The van der Waals surface area contributed by atoms with Crippen LogP contribution in [0.1, 0.15) is 44.6 Å². The van der Waals surface area contributed by atoms with E-state index in [1.807, 2.05) is 24.8 Å². The minimum absolute atomic E-state index is 0.0102. The lowest BCUT2D eigenvalue weighted by molar-refractivity contribution is -0.136. The molecule has 0 saturated carbocycles. The van der Waals surface area contributed by atoms with Gasteiger partial charge in [-0.15, -0.1) is 0 Å². The van der Waals surface area contributed by atoms with E-state index < -0.39 is 5.54 Å². The summed E-state index contributed by atoms with van der Waals surface area (Å²) in [5.74, 6) is -0.367. The molecule has 2 aliphatic rings. The molecule has 2 heterocycles. The number of benzene rings is 1. The van der Waals surface area contributed by atoms with Crippen LogP contribution in [0.5, 0.6) is 0 Å². The number of halogens is 1. The predicted molar refractivity (Wildman–Crippen MR) is 93.6 cm³/mol. The summed E-state index contributed by atoms with van der Waals surface area (Å²) in [6, 6.07) is 6.42. The Morgan fingerprint density at radius 1 is 1.36 bits per heavy atom. The second-order valence-corrected chi connectivity index (χ2v) is 7.46. The lowest BCUT2D eigenvalue weighted by atomic mass is 9.82. The van der Waals surface area contributed by atoms with Crippen molar-refractivity contribution >= 4 is 11.8 Å². The summed E-state index contributed by atoms with van der Waals surface area (Å²) < 4.78 is 13.6. The molecule has 0 aliphatic carbocycles. The monoisotopic (exact) mass is 347 g/mol. The first-order valence-electron chi connectivity index (χ1n) is 8.96. The van der Waals surface area contributed by atoms with Gasteiger partial charge < -0.3 is 15.5 Å². The topological polar surface area (TPSA) is 61.4 Å². The third-order valence-corrected chi connectivity index (χ3v) is 5.53. The molecule has 0 aromatic heterocycles. The first-order chi connectivity index (χ1) is 11.9. The maximum absolute atomic E-state index is 13.6. The minimum atomic E-state index is -0.415. The average molecular weight is 347 g/mol. The number of likely N-dealkylation sites (tertiary alicyclic amines) is 1. The van der Waals surface area contributed by atoms with Gasteiger partial charge in [-0.2, -0.15) is 0 Å². The van der Waals surface area contributed by atoms with E-state index in [9.17, 15) is 14.0 Å². The fraction of sp³-hybridized carbons (Fsp3) is 0.579. The second kappa shape index (κ2) is 7.12. The Kier molecular flexibility index (Phi) is 5.08. The summed E-state index contributed by atoms with van der Waals surface area (Å²) in [6.07, 6.45) is 2.59. The maximum atomic E-state index is 13.6. The molecule has 2 saturated heterocycles. The molecule has 2 fully saturated rings. The molecule has 0 spiro atoms. The van der Waals surface area contributed by atoms with Gasteiger partial charge in [0.05, 0.1) is 12.6 Å². The number of amides is 2. The van der Waals surface area contributed by atoms with E-state index >= 15 is 0 Å². The number of hydrogen-bond donors (Lipinski definition) is 2. The molecule has 136 valence electrons. The van der Waals surface area contributed by atoms with E-state index in [-0.39, 0.29) is 36.1 Å². The largest absolute Gasteiger partial charge is 0.346 e. The van der Waals surface area contributed by atoms with Crippen LogP contribution in [0.2, 0.25) is 0 Å². The first-order valence-corrected chi connectivity index (χ1v) is 8.96. The molecular formula is C19H26FN3O2. The summed E-state index contributed by atoms with van der Waals surface area (Å²) in [5, 5.41) is 5.88. The quantitative estimate of drug-likeness (QED) is 0.873. The lowest BCUT2D eigenvalue weighted by Gasteiger charge is -2.36. The molecular weight excluding hydrogens is 321 g/mol. The molecule has 6 heteroatoms. The Morgan fingerprint density at radius 3 is 2.84 bits per heavy atom. The van der Waals surface area contributed by atoms with Gasteiger partial charge in [0.15, 0.2) is 0 Å². The molecule has 2 aliphatic heterocycles. The Labute approximate surface area is 148 Å². The smallest absolute Gasteiger partial charge is 0.242 e. The van der Waals surface area contributed by atoms with Gasteiger partial charge in [0.2, 0.25) is 11.8 Å². The van der Waals surface area contributed by atoms with Crippen molar-refractivity contribution in [3.05, 3.63) is 35.6 Å². The number of hydrogen-bond acceptors (Lipinski definition) is 3. The van der Waals surface area contributed by atoms with Crippen LogP contribution in [0.25, 0.3) is 0 Å². The number of nitrogens with zero attached hydrogens (tertiary/aromatic N) is 1. The zero-order valence-corrected chi connectivity index (χ0v) is 14.8. The van der Waals surface area contributed by atoms with Gasteiger partial charge >= 0.3 is 0 Å². The third kappa shape index (κ3) is 3.68. The molecule has 1 aromatic rings. The maximum Gasteiger partial charge on any atom is 0.242 e. The molecule has 25 heavy (non-hydrogen) atoms. The zero-order chi connectivity index (χ0) is 18.0. The fourth-order valence-corrected chi connectivity index (χ4v) is 4.12. The van der Waals surface area contributed by atoms with Gasteiger partial charge in [-0.05, 0) is 57.4 Å². The van der Waals surface area contributed by atoms with Crippen molar-refractivity contribution < 1.29 is 14.0 Å². The fourth-order valence-electron chi connectivity index (χ4n) is 4.12. The summed E-state index contributed by atoms with van der Waals surface area (Å²) in [5.41, 5.74) is 0.501. The summed E-state index contributed by atoms with van der Waals surface area (Å²) >= 11 is 0. The number of rotatable bonds is 4. The van der Waals surface area contributed by atoms with Crippen LogP contribution in [0.3, 0.4) is 0 Å². The number of carbonyl (C=O) groups is 2. The van der Waals surface area contributed by atoms with Gasteiger partial charge in [0.1, 0.15) is 5.82 Å². The van der Waals surface area contributed by atoms with Crippen molar-refractivity contribution in [2.24, 2.45) is 0 Å².